The highest BCUT2D eigenvalue weighted by molar-refractivity contribution is 5.94. The number of fused-ring (bicyclic) bond motifs is 2. The van der Waals surface area contributed by atoms with E-state index in [4.69, 9.17) is 0 Å². The van der Waals surface area contributed by atoms with Crippen LogP contribution >= 0.6 is 0 Å². The van der Waals surface area contributed by atoms with E-state index < -0.39 is 11.6 Å². The van der Waals surface area contributed by atoms with Crippen LogP contribution in [0.5, 0.6) is 0 Å². The average Bonchev–Trinajstić information content (AvgIpc) is 3.54. The monoisotopic (exact) mass is 461 g/mol. The molecule has 8 heteroatoms. The summed E-state index contributed by atoms with van der Waals surface area (Å²) in [6, 6.07) is 11.4. The van der Waals surface area contributed by atoms with Crippen molar-refractivity contribution in [2.24, 2.45) is 5.92 Å². The molecule has 0 radical (unpaired) electrons. The van der Waals surface area contributed by atoms with E-state index in [1.54, 1.807) is 4.68 Å². The first-order valence-corrected chi connectivity index (χ1v) is 11.8. The van der Waals surface area contributed by atoms with Gasteiger partial charge in [-0.25, -0.2) is 18.4 Å². The predicted molar refractivity (Wildman–Crippen MR) is 124 cm³/mol. The zero-order valence-electron chi connectivity index (χ0n) is 18.8. The molecule has 4 aromatic rings. The number of carbonyl (C=O) groups excluding carboxylic acids is 1. The second-order valence-electron chi connectivity index (χ2n) is 9.31. The molecule has 2 aliphatic rings. The fraction of sp³-hybridized carbons (Fsp3) is 0.346. The van der Waals surface area contributed by atoms with Crippen molar-refractivity contribution >= 4 is 16.9 Å². The number of nitrogens with zero attached hydrogens (tertiary/aromatic N) is 5. The van der Waals surface area contributed by atoms with Gasteiger partial charge in [0, 0.05) is 37.0 Å². The molecular formula is C26H25F2N5O. The van der Waals surface area contributed by atoms with Crippen LogP contribution in [0.2, 0.25) is 0 Å². The molecule has 1 aliphatic carbocycles. The van der Waals surface area contributed by atoms with Crippen molar-refractivity contribution in [3.63, 3.8) is 0 Å². The standard InChI is InChI=1S/C26H25F2N5O/c27-18-11-19(28)13-20(12-18)33-23-9-3-6-21(23)25(30-33)26(34)31-10-4-5-17(14-31)15-32-16-29-22-7-1-2-8-24(22)32/h1-2,7-8,11-13,16-17H,3-6,9-10,14-15H2. The summed E-state index contributed by atoms with van der Waals surface area (Å²) in [5, 5.41) is 4.58. The number of piperidine rings is 1. The number of para-hydroxylation sites is 2. The largest absolute Gasteiger partial charge is 0.337 e. The van der Waals surface area contributed by atoms with Crippen molar-refractivity contribution in [2.45, 2.75) is 38.6 Å². The van der Waals surface area contributed by atoms with Gasteiger partial charge in [-0.3, -0.25) is 4.79 Å². The van der Waals surface area contributed by atoms with Crippen molar-refractivity contribution in [1.82, 2.24) is 24.2 Å². The Morgan fingerprint density at radius 3 is 2.74 bits per heavy atom. The molecule has 6 rings (SSSR count). The van der Waals surface area contributed by atoms with Gasteiger partial charge in [0.25, 0.3) is 5.91 Å². The van der Waals surface area contributed by atoms with Crippen molar-refractivity contribution in [3.8, 4) is 5.69 Å². The molecule has 1 atom stereocenters. The summed E-state index contributed by atoms with van der Waals surface area (Å²) in [5.74, 6) is -1.08. The van der Waals surface area contributed by atoms with Crippen LogP contribution in [-0.2, 0) is 19.4 Å². The van der Waals surface area contributed by atoms with Gasteiger partial charge in [0.2, 0.25) is 0 Å². The quantitative estimate of drug-likeness (QED) is 0.448. The molecule has 0 saturated carbocycles. The molecule has 1 aliphatic heterocycles. The highest BCUT2D eigenvalue weighted by Gasteiger charge is 2.32. The van der Waals surface area contributed by atoms with Gasteiger partial charge in [-0.2, -0.15) is 5.10 Å². The lowest BCUT2D eigenvalue weighted by atomic mass is 9.97. The SMILES string of the molecule is O=C(c1nn(-c2cc(F)cc(F)c2)c2c1CCC2)N1CCCC(Cn2cnc3ccccc32)C1. The van der Waals surface area contributed by atoms with E-state index in [1.165, 1.54) is 12.1 Å². The topological polar surface area (TPSA) is 56.0 Å². The average molecular weight is 462 g/mol. The Hall–Kier alpha value is -3.55. The number of amides is 1. The highest BCUT2D eigenvalue weighted by atomic mass is 19.1. The molecule has 34 heavy (non-hydrogen) atoms. The molecule has 3 heterocycles. The lowest BCUT2D eigenvalue weighted by Crippen LogP contribution is -2.41. The maximum Gasteiger partial charge on any atom is 0.274 e. The number of halogens is 2. The Bertz CT molecular complexity index is 1370. The number of rotatable bonds is 4. The van der Waals surface area contributed by atoms with Crippen LogP contribution in [0.1, 0.15) is 41.0 Å². The first-order valence-electron chi connectivity index (χ1n) is 11.8. The van der Waals surface area contributed by atoms with Gasteiger partial charge >= 0.3 is 0 Å². The summed E-state index contributed by atoms with van der Waals surface area (Å²) in [4.78, 5) is 20.0. The summed E-state index contributed by atoms with van der Waals surface area (Å²) in [7, 11) is 0. The molecule has 1 unspecified atom stereocenters. The molecule has 174 valence electrons. The van der Waals surface area contributed by atoms with E-state index >= 15 is 0 Å². The van der Waals surface area contributed by atoms with Crippen LogP contribution in [0.4, 0.5) is 8.78 Å². The Balaban J connectivity index is 1.26. The van der Waals surface area contributed by atoms with Crippen LogP contribution in [0.3, 0.4) is 0 Å². The number of likely N-dealkylation sites (tertiary alicyclic amines) is 1. The molecule has 1 saturated heterocycles. The number of hydrogen-bond acceptors (Lipinski definition) is 3. The molecule has 1 amide bonds. The van der Waals surface area contributed by atoms with Crippen LogP contribution in [0.25, 0.3) is 16.7 Å². The van der Waals surface area contributed by atoms with E-state index in [0.29, 0.717) is 30.4 Å². The molecule has 2 aromatic heterocycles. The molecule has 2 aromatic carbocycles. The zero-order valence-corrected chi connectivity index (χ0v) is 18.8. The summed E-state index contributed by atoms with van der Waals surface area (Å²) < 4.78 is 31.4. The molecule has 6 nitrogen and oxygen atoms in total. The van der Waals surface area contributed by atoms with Crippen molar-refractivity contribution in [3.05, 3.63) is 77.4 Å². The second kappa shape index (κ2) is 8.34. The fourth-order valence-electron chi connectivity index (χ4n) is 5.47. The van der Waals surface area contributed by atoms with Crippen molar-refractivity contribution in [2.75, 3.05) is 13.1 Å². The van der Waals surface area contributed by atoms with E-state index in [2.05, 4.69) is 20.7 Å². The van der Waals surface area contributed by atoms with Gasteiger partial charge in [-0.1, -0.05) is 12.1 Å². The third-order valence-corrected chi connectivity index (χ3v) is 7.01. The lowest BCUT2D eigenvalue weighted by molar-refractivity contribution is 0.0655. The summed E-state index contributed by atoms with van der Waals surface area (Å²) in [5.41, 5.74) is 4.61. The number of hydrogen-bond donors (Lipinski definition) is 0. The van der Waals surface area contributed by atoms with Crippen LogP contribution in [0, 0.1) is 17.6 Å². The van der Waals surface area contributed by atoms with Gasteiger partial charge < -0.3 is 9.47 Å². The highest BCUT2D eigenvalue weighted by Crippen LogP contribution is 2.30. The van der Waals surface area contributed by atoms with Gasteiger partial charge in [0.05, 0.1) is 23.0 Å². The minimum absolute atomic E-state index is 0.0889. The van der Waals surface area contributed by atoms with Gasteiger partial charge in [-0.15, -0.1) is 0 Å². The molecule has 0 N–H and O–H groups in total. The molecular weight excluding hydrogens is 436 g/mol. The van der Waals surface area contributed by atoms with Crippen LogP contribution in [-0.4, -0.2) is 43.2 Å². The minimum atomic E-state index is -0.656. The molecule has 0 spiro atoms. The normalized spacial score (nSPS) is 17.9. The van der Waals surface area contributed by atoms with E-state index in [1.807, 2.05) is 29.4 Å². The van der Waals surface area contributed by atoms with E-state index in [-0.39, 0.29) is 5.91 Å². The van der Waals surface area contributed by atoms with Gasteiger partial charge in [0.15, 0.2) is 5.69 Å². The van der Waals surface area contributed by atoms with E-state index in [9.17, 15) is 13.6 Å². The fourth-order valence-corrected chi connectivity index (χ4v) is 5.47. The maximum atomic E-state index is 13.9. The minimum Gasteiger partial charge on any atom is -0.337 e. The van der Waals surface area contributed by atoms with Crippen LogP contribution < -0.4 is 0 Å². The zero-order chi connectivity index (χ0) is 23.2. The smallest absolute Gasteiger partial charge is 0.274 e. The molecule has 0 bridgehead atoms. The maximum absolute atomic E-state index is 13.9. The number of carbonyl (C=O) groups is 1. The van der Waals surface area contributed by atoms with Crippen molar-refractivity contribution < 1.29 is 13.6 Å². The molecule has 1 fully saturated rings. The van der Waals surface area contributed by atoms with Crippen LogP contribution in [0.15, 0.2) is 48.8 Å². The summed E-state index contributed by atoms with van der Waals surface area (Å²) in [6.45, 7) is 2.15. The summed E-state index contributed by atoms with van der Waals surface area (Å²) >= 11 is 0. The van der Waals surface area contributed by atoms with Gasteiger partial charge in [0.1, 0.15) is 11.6 Å². The predicted octanol–water partition coefficient (Wildman–Crippen LogP) is 4.54. The second-order valence-corrected chi connectivity index (χ2v) is 9.31. The summed E-state index contributed by atoms with van der Waals surface area (Å²) in [6.07, 6.45) is 6.25. The van der Waals surface area contributed by atoms with Gasteiger partial charge in [-0.05, 0) is 62.3 Å². The number of imidazole rings is 1. The van der Waals surface area contributed by atoms with Crippen molar-refractivity contribution in [1.29, 1.82) is 0 Å². The Kier molecular flexibility index (Phi) is 5.16. The number of benzene rings is 2. The number of aromatic nitrogens is 4. The van der Waals surface area contributed by atoms with E-state index in [0.717, 1.165) is 67.0 Å². The Labute approximate surface area is 195 Å². The lowest BCUT2D eigenvalue weighted by Gasteiger charge is -2.32. The first kappa shape index (κ1) is 21.0. The first-order chi connectivity index (χ1) is 16.6. The third kappa shape index (κ3) is 3.67. The Morgan fingerprint density at radius 2 is 1.88 bits per heavy atom. The third-order valence-electron chi connectivity index (χ3n) is 7.01. The Morgan fingerprint density at radius 1 is 1.06 bits per heavy atom.